The van der Waals surface area contributed by atoms with Crippen LogP contribution in [0, 0.1) is 17.0 Å². The monoisotopic (exact) mass is 290 g/mol. The predicted molar refractivity (Wildman–Crippen MR) is 75.5 cm³/mol. The number of anilines is 1. The number of carbonyl (C=O) groups is 1. The van der Waals surface area contributed by atoms with Crippen molar-refractivity contribution in [2.75, 3.05) is 5.32 Å². The van der Waals surface area contributed by atoms with Crippen molar-refractivity contribution in [3.05, 3.63) is 57.5 Å². The van der Waals surface area contributed by atoms with Crippen LogP contribution in [-0.4, -0.2) is 16.0 Å². The predicted octanol–water partition coefficient (Wildman–Crippen LogP) is 3.37. The van der Waals surface area contributed by atoms with Gasteiger partial charge in [-0.25, -0.2) is 4.79 Å². The number of hydrogen-bond acceptors (Lipinski definition) is 5. The minimum Gasteiger partial charge on any atom is -0.478 e. The van der Waals surface area contributed by atoms with Crippen molar-refractivity contribution in [2.45, 2.75) is 19.9 Å². The molecule has 7 heteroatoms. The van der Waals surface area contributed by atoms with Crippen LogP contribution in [0.3, 0.4) is 0 Å². The molecule has 2 aromatic rings. The highest BCUT2D eigenvalue weighted by molar-refractivity contribution is 5.89. The highest BCUT2D eigenvalue weighted by Gasteiger charge is 2.19. The highest BCUT2D eigenvalue weighted by Crippen LogP contribution is 2.29. The average Bonchev–Trinajstić information content (AvgIpc) is 2.85. The fourth-order valence-electron chi connectivity index (χ4n) is 1.93. The number of aryl methyl sites for hydroxylation is 1. The van der Waals surface area contributed by atoms with E-state index in [2.05, 4.69) is 5.32 Å². The molecule has 0 radical (unpaired) electrons. The number of carboxylic acid groups (broad SMARTS) is 1. The van der Waals surface area contributed by atoms with Gasteiger partial charge < -0.3 is 14.8 Å². The third-order valence-electron chi connectivity index (χ3n) is 3.00. The molecule has 0 spiro atoms. The van der Waals surface area contributed by atoms with Gasteiger partial charge in [-0.2, -0.15) is 0 Å². The van der Waals surface area contributed by atoms with Crippen molar-refractivity contribution in [1.82, 2.24) is 0 Å². The standard InChI is InChI=1S/C14H14N2O5/c1-8-3-6-13(21-8)9(2)15-11-5-4-10(14(17)18)7-12(11)16(19)20/h3-7,9,15H,1-2H3,(H,17,18). The Bertz CT molecular complexity index is 692. The first-order chi connectivity index (χ1) is 9.88. The summed E-state index contributed by atoms with van der Waals surface area (Å²) in [4.78, 5) is 21.3. The average molecular weight is 290 g/mol. The van der Waals surface area contributed by atoms with Crippen molar-refractivity contribution in [2.24, 2.45) is 0 Å². The second-order valence-electron chi connectivity index (χ2n) is 4.61. The molecule has 0 aliphatic heterocycles. The fourth-order valence-corrected chi connectivity index (χ4v) is 1.93. The summed E-state index contributed by atoms with van der Waals surface area (Å²) in [6.07, 6.45) is 0. The number of nitrogens with zero attached hydrogens (tertiary/aromatic N) is 1. The van der Waals surface area contributed by atoms with Gasteiger partial charge in [-0.3, -0.25) is 10.1 Å². The molecule has 0 saturated heterocycles. The molecule has 7 nitrogen and oxygen atoms in total. The van der Waals surface area contributed by atoms with Gasteiger partial charge in [0, 0.05) is 6.07 Å². The van der Waals surface area contributed by atoms with Gasteiger partial charge in [0.1, 0.15) is 17.2 Å². The van der Waals surface area contributed by atoms with Gasteiger partial charge in [0.15, 0.2) is 0 Å². The minimum absolute atomic E-state index is 0.131. The van der Waals surface area contributed by atoms with E-state index in [9.17, 15) is 14.9 Å². The SMILES string of the molecule is Cc1ccc(C(C)Nc2ccc(C(=O)O)cc2[N+](=O)[O-])o1. The van der Waals surface area contributed by atoms with E-state index in [1.807, 2.05) is 0 Å². The number of furan rings is 1. The van der Waals surface area contributed by atoms with Crippen molar-refractivity contribution in [1.29, 1.82) is 0 Å². The van der Waals surface area contributed by atoms with Crippen LogP contribution < -0.4 is 5.32 Å². The maximum Gasteiger partial charge on any atom is 0.335 e. The normalized spacial score (nSPS) is 11.9. The second-order valence-corrected chi connectivity index (χ2v) is 4.61. The highest BCUT2D eigenvalue weighted by atomic mass is 16.6. The smallest absolute Gasteiger partial charge is 0.335 e. The Morgan fingerprint density at radius 3 is 2.62 bits per heavy atom. The molecular weight excluding hydrogens is 276 g/mol. The molecule has 21 heavy (non-hydrogen) atoms. The van der Waals surface area contributed by atoms with E-state index in [1.54, 1.807) is 26.0 Å². The molecule has 0 aliphatic rings. The van der Waals surface area contributed by atoms with Crippen LogP contribution in [0.5, 0.6) is 0 Å². The summed E-state index contributed by atoms with van der Waals surface area (Å²) < 4.78 is 5.45. The largest absolute Gasteiger partial charge is 0.478 e. The van der Waals surface area contributed by atoms with Crippen molar-refractivity contribution in [3.63, 3.8) is 0 Å². The van der Waals surface area contributed by atoms with Gasteiger partial charge >= 0.3 is 5.97 Å². The maximum atomic E-state index is 11.1. The topological polar surface area (TPSA) is 106 Å². The van der Waals surface area contributed by atoms with Crippen LogP contribution >= 0.6 is 0 Å². The van der Waals surface area contributed by atoms with Crippen molar-refractivity contribution in [3.8, 4) is 0 Å². The van der Waals surface area contributed by atoms with Crippen LogP contribution in [0.1, 0.15) is 34.8 Å². The van der Waals surface area contributed by atoms with Crippen LogP contribution in [0.15, 0.2) is 34.7 Å². The molecule has 1 aromatic heterocycles. The molecule has 0 bridgehead atoms. The number of carboxylic acids is 1. The summed E-state index contributed by atoms with van der Waals surface area (Å²) in [6.45, 7) is 3.60. The van der Waals surface area contributed by atoms with E-state index in [4.69, 9.17) is 9.52 Å². The zero-order valence-electron chi connectivity index (χ0n) is 11.5. The lowest BCUT2D eigenvalue weighted by Gasteiger charge is -2.13. The van der Waals surface area contributed by atoms with Gasteiger partial charge in [-0.15, -0.1) is 0 Å². The number of hydrogen-bond donors (Lipinski definition) is 2. The quantitative estimate of drug-likeness (QED) is 0.646. The maximum absolute atomic E-state index is 11.1. The van der Waals surface area contributed by atoms with Crippen LogP contribution in [-0.2, 0) is 0 Å². The first kappa shape index (κ1) is 14.6. The molecule has 0 fully saturated rings. The van der Waals surface area contributed by atoms with Gasteiger partial charge in [0.2, 0.25) is 0 Å². The molecule has 2 rings (SSSR count). The minimum atomic E-state index is -1.21. The number of nitro groups is 1. The Morgan fingerprint density at radius 2 is 2.10 bits per heavy atom. The van der Waals surface area contributed by atoms with Gasteiger partial charge in [-0.05, 0) is 38.1 Å². The Kier molecular flexibility index (Phi) is 3.93. The molecular formula is C14H14N2O5. The summed E-state index contributed by atoms with van der Waals surface area (Å²) in [7, 11) is 0. The van der Waals surface area contributed by atoms with Crippen LogP contribution in [0.2, 0.25) is 0 Å². The molecule has 1 unspecified atom stereocenters. The van der Waals surface area contributed by atoms with Gasteiger partial charge in [-0.1, -0.05) is 0 Å². The molecule has 0 saturated carbocycles. The molecule has 0 amide bonds. The molecule has 1 heterocycles. The summed E-state index contributed by atoms with van der Waals surface area (Å²) >= 11 is 0. The van der Waals surface area contributed by atoms with Gasteiger partial charge in [0.25, 0.3) is 5.69 Å². The summed E-state index contributed by atoms with van der Waals surface area (Å²) in [5.74, 6) is 0.179. The lowest BCUT2D eigenvalue weighted by Crippen LogP contribution is -2.08. The van der Waals surface area contributed by atoms with Crippen LogP contribution in [0.25, 0.3) is 0 Å². The van der Waals surface area contributed by atoms with Gasteiger partial charge in [0.05, 0.1) is 16.5 Å². The summed E-state index contributed by atoms with van der Waals surface area (Å²) in [5.41, 5.74) is -0.176. The van der Waals surface area contributed by atoms with Crippen LogP contribution in [0.4, 0.5) is 11.4 Å². The summed E-state index contributed by atoms with van der Waals surface area (Å²) in [5, 5.41) is 22.9. The molecule has 0 aliphatic carbocycles. The van der Waals surface area contributed by atoms with E-state index < -0.39 is 10.9 Å². The molecule has 1 atom stereocenters. The lowest BCUT2D eigenvalue weighted by atomic mass is 10.1. The van der Waals surface area contributed by atoms with E-state index in [-0.39, 0.29) is 23.0 Å². The molecule has 2 N–H and O–H groups in total. The second kappa shape index (κ2) is 5.66. The molecule has 110 valence electrons. The van der Waals surface area contributed by atoms with E-state index >= 15 is 0 Å². The zero-order valence-corrected chi connectivity index (χ0v) is 11.5. The fraction of sp³-hybridized carbons (Fsp3) is 0.214. The third-order valence-corrected chi connectivity index (χ3v) is 3.00. The number of nitro benzene ring substituents is 1. The molecule has 1 aromatic carbocycles. The Balaban J connectivity index is 2.31. The Labute approximate surface area is 120 Å². The zero-order chi connectivity index (χ0) is 15.6. The Hall–Kier alpha value is -2.83. The number of rotatable bonds is 5. The number of aromatic carboxylic acids is 1. The van der Waals surface area contributed by atoms with E-state index in [1.165, 1.54) is 12.1 Å². The number of nitrogens with one attached hydrogen (secondary N) is 1. The Morgan fingerprint density at radius 1 is 1.38 bits per heavy atom. The van der Waals surface area contributed by atoms with Crippen molar-refractivity contribution < 1.29 is 19.2 Å². The third kappa shape index (κ3) is 3.19. The first-order valence-corrected chi connectivity index (χ1v) is 6.23. The first-order valence-electron chi connectivity index (χ1n) is 6.23. The summed E-state index contributed by atoms with van der Waals surface area (Å²) in [6, 6.07) is 7.03. The van der Waals surface area contributed by atoms with E-state index in [0.717, 1.165) is 11.8 Å². The van der Waals surface area contributed by atoms with Crippen molar-refractivity contribution >= 4 is 17.3 Å². The number of benzene rings is 1. The lowest BCUT2D eigenvalue weighted by molar-refractivity contribution is -0.384. The van der Waals surface area contributed by atoms with E-state index in [0.29, 0.717) is 5.76 Å².